The Morgan fingerprint density at radius 1 is 0.933 bits per heavy atom. The second-order valence-electron chi connectivity index (χ2n) is 10.1. The third kappa shape index (κ3) is 6.61. The second kappa shape index (κ2) is 13.7. The predicted molar refractivity (Wildman–Crippen MR) is 168 cm³/mol. The molecular weight excluding hydrogens is 578 g/mol. The van der Waals surface area contributed by atoms with Gasteiger partial charge in [-0.1, -0.05) is 50.1 Å². The van der Waals surface area contributed by atoms with Crippen molar-refractivity contribution < 1.29 is 28.3 Å². The monoisotopic (exact) mass is 611 g/mol. The largest absolute Gasteiger partial charge is 0.448 e. The minimum atomic E-state index is -0.782. The zero-order chi connectivity index (χ0) is 31.9. The van der Waals surface area contributed by atoms with Crippen molar-refractivity contribution in [3.8, 4) is 0 Å². The first-order chi connectivity index (χ1) is 21.8. The molecule has 0 bridgehead atoms. The number of unbranched alkanes of at least 4 members (excludes halogenated alkanes) is 2. The van der Waals surface area contributed by atoms with Gasteiger partial charge in [-0.2, -0.15) is 9.78 Å². The number of para-hydroxylation sites is 2. The lowest BCUT2D eigenvalue weighted by Gasteiger charge is -2.19. The van der Waals surface area contributed by atoms with Crippen LogP contribution in [0.4, 0.5) is 22.0 Å². The van der Waals surface area contributed by atoms with Gasteiger partial charge in [-0.15, -0.1) is 5.10 Å². The van der Waals surface area contributed by atoms with E-state index in [1.165, 1.54) is 27.9 Å². The fraction of sp³-hybridized carbons (Fsp3) is 0.250. The normalized spacial score (nSPS) is 10.9. The van der Waals surface area contributed by atoms with Crippen LogP contribution in [-0.2, 0) is 11.8 Å². The standard InChI is InChI=1S/C32H33N7O6/c1-4-6-12-19-44-32(43)39-25-20-26(31(42)38(5-2)21-13-8-7-9-14-21)45-27(25)28(36-39)35-29(40)22-15-10-11-16-23(22)34-30(41)24-17-18-33-37(24)3/h7-11,13-18,20H,4-6,12,19H2,1-3H3,(H,34,41)(H,35,36,40). The molecule has 3 aromatic heterocycles. The molecule has 0 aliphatic rings. The quantitative estimate of drug-likeness (QED) is 0.180. The van der Waals surface area contributed by atoms with Crippen LogP contribution in [0.25, 0.3) is 11.1 Å². The highest BCUT2D eigenvalue weighted by atomic mass is 16.6. The van der Waals surface area contributed by atoms with Gasteiger partial charge >= 0.3 is 6.09 Å². The molecular formula is C32H33N7O6. The molecule has 2 N–H and O–H groups in total. The molecule has 45 heavy (non-hydrogen) atoms. The summed E-state index contributed by atoms with van der Waals surface area (Å²) in [6, 6.07) is 18.5. The summed E-state index contributed by atoms with van der Waals surface area (Å²) in [5.74, 6) is -1.69. The summed E-state index contributed by atoms with van der Waals surface area (Å²) in [6.45, 7) is 4.41. The Labute approximate surface area is 258 Å². The number of aromatic nitrogens is 4. The zero-order valence-corrected chi connectivity index (χ0v) is 25.1. The molecule has 0 fully saturated rings. The van der Waals surface area contributed by atoms with Crippen molar-refractivity contribution in [2.75, 3.05) is 28.7 Å². The fourth-order valence-corrected chi connectivity index (χ4v) is 4.74. The maximum absolute atomic E-state index is 13.6. The van der Waals surface area contributed by atoms with E-state index in [0.717, 1.165) is 17.5 Å². The molecule has 0 aliphatic heterocycles. The summed E-state index contributed by atoms with van der Waals surface area (Å²) < 4.78 is 13.7. The molecule has 0 unspecified atom stereocenters. The molecule has 0 saturated carbocycles. The van der Waals surface area contributed by atoms with E-state index >= 15 is 0 Å². The highest BCUT2D eigenvalue weighted by molar-refractivity contribution is 6.14. The molecule has 0 aliphatic carbocycles. The molecule has 13 heteroatoms. The van der Waals surface area contributed by atoms with Gasteiger partial charge in [0, 0.05) is 31.5 Å². The number of nitrogens with zero attached hydrogens (tertiary/aromatic N) is 5. The Bertz CT molecular complexity index is 1840. The number of amides is 3. The van der Waals surface area contributed by atoms with Crippen LogP contribution >= 0.6 is 0 Å². The van der Waals surface area contributed by atoms with Crippen molar-refractivity contribution >= 4 is 52.1 Å². The summed E-state index contributed by atoms with van der Waals surface area (Å²) in [5, 5.41) is 13.7. The maximum Gasteiger partial charge on any atom is 0.435 e. The van der Waals surface area contributed by atoms with Gasteiger partial charge < -0.3 is 24.7 Å². The summed E-state index contributed by atoms with van der Waals surface area (Å²) >= 11 is 0. The number of carbonyl (C=O) groups excluding carboxylic acids is 4. The smallest absolute Gasteiger partial charge is 0.435 e. The number of benzene rings is 2. The number of carbonyl (C=O) groups is 4. The molecule has 13 nitrogen and oxygen atoms in total. The topological polar surface area (TPSA) is 154 Å². The molecule has 0 spiro atoms. The van der Waals surface area contributed by atoms with Crippen molar-refractivity contribution in [3.05, 3.63) is 89.9 Å². The Balaban J connectivity index is 1.47. The van der Waals surface area contributed by atoms with Gasteiger partial charge in [0.25, 0.3) is 17.7 Å². The van der Waals surface area contributed by atoms with Crippen LogP contribution in [0.1, 0.15) is 64.5 Å². The number of aryl methyl sites for hydroxylation is 1. The van der Waals surface area contributed by atoms with E-state index in [2.05, 4.69) is 20.8 Å². The zero-order valence-electron chi connectivity index (χ0n) is 25.1. The lowest BCUT2D eigenvalue weighted by Crippen LogP contribution is -2.30. The first-order valence-corrected chi connectivity index (χ1v) is 14.6. The lowest BCUT2D eigenvalue weighted by molar-refractivity contribution is 0.0962. The van der Waals surface area contributed by atoms with Crippen molar-refractivity contribution in [2.24, 2.45) is 7.05 Å². The molecule has 2 aromatic carbocycles. The van der Waals surface area contributed by atoms with Crippen LogP contribution in [0.3, 0.4) is 0 Å². The summed E-state index contributed by atoms with van der Waals surface area (Å²) in [5.41, 5.74) is 1.49. The average Bonchev–Trinajstić information content (AvgIpc) is 3.76. The SMILES string of the molecule is CCCCCOC(=O)n1nc(NC(=O)c2ccccc2NC(=O)c2ccnn2C)c2oc(C(=O)N(CC)c3ccccc3)cc21. The Hall–Kier alpha value is -5.72. The van der Waals surface area contributed by atoms with E-state index in [1.807, 2.05) is 32.0 Å². The molecule has 5 rings (SSSR count). The van der Waals surface area contributed by atoms with E-state index in [0.29, 0.717) is 24.3 Å². The van der Waals surface area contributed by atoms with Gasteiger partial charge in [-0.25, -0.2) is 4.79 Å². The molecule has 0 radical (unpaired) electrons. The minimum absolute atomic E-state index is 0.0118. The van der Waals surface area contributed by atoms with Crippen LogP contribution < -0.4 is 15.5 Å². The highest BCUT2D eigenvalue weighted by Gasteiger charge is 2.28. The van der Waals surface area contributed by atoms with Crippen molar-refractivity contribution in [3.63, 3.8) is 0 Å². The van der Waals surface area contributed by atoms with Crippen LogP contribution in [0.15, 0.2) is 77.3 Å². The number of furan rings is 1. The number of nitrogens with one attached hydrogen (secondary N) is 2. The Morgan fingerprint density at radius 2 is 1.69 bits per heavy atom. The number of fused-ring (bicyclic) bond motifs is 1. The number of hydrogen-bond donors (Lipinski definition) is 2. The van der Waals surface area contributed by atoms with E-state index in [9.17, 15) is 19.2 Å². The summed E-state index contributed by atoms with van der Waals surface area (Å²) in [4.78, 5) is 54.5. The number of anilines is 3. The van der Waals surface area contributed by atoms with Gasteiger partial charge in [0.15, 0.2) is 17.2 Å². The fourth-order valence-electron chi connectivity index (χ4n) is 4.74. The minimum Gasteiger partial charge on any atom is -0.448 e. The molecule has 3 amide bonds. The average molecular weight is 612 g/mol. The molecule has 0 atom stereocenters. The number of hydrogen-bond acceptors (Lipinski definition) is 8. The van der Waals surface area contributed by atoms with Gasteiger partial charge in [0.2, 0.25) is 0 Å². The molecule has 0 saturated heterocycles. The van der Waals surface area contributed by atoms with Crippen LogP contribution in [0, 0.1) is 0 Å². The third-order valence-electron chi connectivity index (χ3n) is 7.05. The summed E-state index contributed by atoms with van der Waals surface area (Å²) in [7, 11) is 1.63. The van der Waals surface area contributed by atoms with Gasteiger partial charge in [-0.3, -0.25) is 19.1 Å². The van der Waals surface area contributed by atoms with Gasteiger partial charge in [-0.05, 0) is 43.7 Å². The lowest BCUT2D eigenvalue weighted by atomic mass is 10.1. The van der Waals surface area contributed by atoms with Crippen LogP contribution in [0.5, 0.6) is 0 Å². The van der Waals surface area contributed by atoms with E-state index in [1.54, 1.807) is 43.4 Å². The molecule has 5 aromatic rings. The van der Waals surface area contributed by atoms with Crippen molar-refractivity contribution in [2.45, 2.75) is 33.1 Å². The number of rotatable bonds is 11. The maximum atomic E-state index is 13.6. The first-order valence-electron chi connectivity index (χ1n) is 14.6. The van der Waals surface area contributed by atoms with Gasteiger partial charge in [0.05, 0.1) is 17.9 Å². The van der Waals surface area contributed by atoms with Crippen LogP contribution in [-0.4, -0.2) is 56.5 Å². The van der Waals surface area contributed by atoms with E-state index in [-0.39, 0.29) is 40.5 Å². The number of ether oxygens (including phenoxy) is 1. The van der Waals surface area contributed by atoms with Crippen LogP contribution in [0.2, 0.25) is 0 Å². The Kier molecular flexibility index (Phi) is 9.37. The van der Waals surface area contributed by atoms with Crippen molar-refractivity contribution in [1.29, 1.82) is 0 Å². The third-order valence-corrected chi connectivity index (χ3v) is 7.05. The highest BCUT2D eigenvalue weighted by Crippen LogP contribution is 2.30. The Morgan fingerprint density at radius 3 is 2.40 bits per heavy atom. The second-order valence-corrected chi connectivity index (χ2v) is 10.1. The summed E-state index contributed by atoms with van der Waals surface area (Å²) in [6.07, 6.45) is 3.22. The predicted octanol–water partition coefficient (Wildman–Crippen LogP) is 5.71. The first kappa shape index (κ1) is 30.7. The van der Waals surface area contributed by atoms with E-state index < -0.39 is 23.8 Å². The van der Waals surface area contributed by atoms with Crippen molar-refractivity contribution in [1.82, 2.24) is 19.6 Å². The van der Waals surface area contributed by atoms with Gasteiger partial charge in [0.1, 0.15) is 11.2 Å². The molecule has 232 valence electrons. The molecule has 3 heterocycles. The van der Waals surface area contributed by atoms with E-state index in [4.69, 9.17) is 9.15 Å².